The largest absolute Gasteiger partial charge is 0.368 e. The van der Waals surface area contributed by atoms with E-state index >= 15 is 0 Å². The van der Waals surface area contributed by atoms with Gasteiger partial charge in [0, 0.05) is 25.3 Å². The molecule has 1 atom stereocenters. The summed E-state index contributed by atoms with van der Waals surface area (Å²) in [6, 6.07) is 8.42. The molecule has 96 valence electrons. The molecule has 5 nitrogen and oxygen atoms in total. The maximum Gasteiger partial charge on any atom is 0.271 e. The SMILES string of the molecule is COC(O)Cc1cc(=O)n(-c2ccccc2Cl)[nH]1. The van der Waals surface area contributed by atoms with Crippen molar-refractivity contribution in [2.24, 2.45) is 0 Å². The van der Waals surface area contributed by atoms with Crippen LogP contribution >= 0.6 is 11.6 Å². The zero-order valence-corrected chi connectivity index (χ0v) is 10.5. The van der Waals surface area contributed by atoms with E-state index < -0.39 is 6.29 Å². The van der Waals surface area contributed by atoms with Gasteiger partial charge in [0.15, 0.2) is 6.29 Å². The average molecular weight is 269 g/mol. The second-order valence-electron chi connectivity index (χ2n) is 3.80. The van der Waals surface area contributed by atoms with E-state index in [1.807, 2.05) is 0 Å². The quantitative estimate of drug-likeness (QED) is 0.822. The molecule has 0 aliphatic rings. The minimum Gasteiger partial charge on any atom is -0.368 e. The highest BCUT2D eigenvalue weighted by Crippen LogP contribution is 2.17. The number of ether oxygens (including phenoxy) is 1. The second-order valence-corrected chi connectivity index (χ2v) is 4.21. The summed E-state index contributed by atoms with van der Waals surface area (Å²) in [5, 5.41) is 12.7. The first-order valence-electron chi connectivity index (χ1n) is 5.38. The molecule has 1 heterocycles. The lowest BCUT2D eigenvalue weighted by atomic mass is 10.3. The Morgan fingerprint density at radius 1 is 1.50 bits per heavy atom. The van der Waals surface area contributed by atoms with Crippen molar-refractivity contribution in [1.82, 2.24) is 9.78 Å². The van der Waals surface area contributed by atoms with Crippen molar-refractivity contribution in [3.63, 3.8) is 0 Å². The van der Waals surface area contributed by atoms with Crippen LogP contribution in [0.25, 0.3) is 5.69 Å². The van der Waals surface area contributed by atoms with Crippen LogP contribution in [0.4, 0.5) is 0 Å². The summed E-state index contributed by atoms with van der Waals surface area (Å²) in [5.41, 5.74) is 0.915. The third kappa shape index (κ3) is 2.64. The molecule has 0 radical (unpaired) electrons. The van der Waals surface area contributed by atoms with Crippen molar-refractivity contribution in [3.8, 4) is 5.69 Å². The number of aliphatic hydroxyl groups excluding tert-OH is 1. The summed E-state index contributed by atoms with van der Waals surface area (Å²) in [6.07, 6.45) is -0.730. The van der Waals surface area contributed by atoms with Gasteiger partial charge in [0.25, 0.3) is 5.56 Å². The van der Waals surface area contributed by atoms with Gasteiger partial charge in [-0.2, -0.15) is 0 Å². The second kappa shape index (κ2) is 5.39. The number of para-hydroxylation sites is 1. The molecule has 0 fully saturated rings. The molecule has 18 heavy (non-hydrogen) atoms. The highest BCUT2D eigenvalue weighted by atomic mass is 35.5. The number of aromatic amines is 1. The standard InChI is InChI=1S/C12H13ClN2O3/c1-18-12(17)7-8-6-11(16)15(14-8)10-5-3-2-4-9(10)13/h2-6,12,14,17H,7H2,1H3. The summed E-state index contributed by atoms with van der Waals surface area (Å²) in [6.45, 7) is 0. The fraction of sp³-hybridized carbons (Fsp3) is 0.250. The van der Waals surface area contributed by atoms with Crippen molar-refractivity contribution >= 4 is 11.6 Å². The Balaban J connectivity index is 2.36. The molecular weight excluding hydrogens is 256 g/mol. The van der Waals surface area contributed by atoms with Crippen LogP contribution < -0.4 is 5.56 Å². The molecule has 0 saturated carbocycles. The molecule has 0 aliphatic carbocycles. The zero-order chi connectivity index (χ0) is 13.1. The number of hydrogen-bond acceptors (Lipinski definition) is 3. The number of H-pyrrole nitrogens is 1. The van der Waals surface area contributed by atoms with E-state index in [0.29, 0.717) is 16.4 Å². The molecule has 0 bridgehead atoms. The minimum absolute atomic E-state index is 0.212. The molecule has 2 rings (SSSR count). The van der Waals surface area contributed by atoms with Crippen LogP contribution in [-0.2, 0) is 11.2 Å². The molecule has 6 heteroatoms. The number of aromatic nitrogens is 2. The third-order valence-corrected chi connectivity index (χ3v) is 2.85. The number of halogens is 1. The lowest BCUT2D eigenvalue weighted by Gasteiger charge is -2.07. The van der Waals surface area contributed by atoms with Crippen LogP contribution in [0.15, 0.2) is 35.1 Å². The van der Waals surface area contributed by atoms with Gasteiger partial charge in [0.2, 0.25) is 0 Å². The van der Waals surface area contributed by atoms with E-state index in [9.17, 15) is 9.90 Å². The van der Waals surface area contributed by atoms with Crippen molar-refractivity contribution in [1.29, 1.82) is 0 Å². The van der Waals surface area contributed by atoms with Crippen molar-refractivity contribution in [2.75, 3.05) is 7.11 Å². The first kappa shape index (κ1) is 12.9. The molecule has 1 aromatic carbocycles. The molecule has 2 aromatic rings. The van der Waals surface area contributed by atoms with Gasteiger partial charge in [0.1, 0.15) is 0 Å². The summed E-state index contributed by atoms with van der Waals surface area (Å²) in [7, 11) is 1.40. The highest BCUT2D eigenvalue weighted by Gasteiger charge is 2.10. The Bertz CT molecular complexity index is 591. The Hall–Kier alpha value is -1.56. The van der Waals surface area contributed by atoms with Crippen molar-refractivity contribution in [2.45, 2.75) is 12.7 Å². The molecule has 0 amide bonds. The normalized spacial score (nSPS) is 12.6. The van der Waals surface area contributed by atoms with Crippen LogP contribution in [0.5, 0.6) is 0 Å². The smallest absolute Gasteiger partial charge is 0.271 e. The number of hydrogen-bond donors (Lipinski definition) is 2. The maximum atomic E-state index is 11.8. The molecule has 1 unspecified atom stereocenters. The Kier molecular flexibility index (Phi) is 3.86. The molecule has 0 aliphatic heterocycles. The number of aliphatic hydroxyl groups is 1. The summed E-state index contributed by atoms with van der Waals surface area (Å²) in [5.74, 6) is 0. The summed E-state index contributed by atoms with van der Waals surface area (Å²) in [4.78, 5) is 11.8. The van der Waals surface area contributed by atoms with E-state index in [-0.39, 0.29) is 12.0 Å². The van der Waals surface area contributed by atoms with E-state index in [1.54, 1.807) is 24.3 Å². The summed E-state index contributed by atoms with van der Waals surface area (Å²) >= 11 is 6.02. The van der Waals surface area contributed by atoms with E-state index in [2.05, 4.69) is 5.10 Å². The number of benzene rings is 1. The monoisotopic (exact) mass is 268 g/mol. The number of nitrogens with one attached hydrogen (secondary N) is 1. The highest BCUT2D eigenvalue weighted by molar-refractivity contribution is 6.32. The first-order valence-corrected chi connectivity index (χ1v) is 5.76. The molecule has 0 saturated heterocycles. The molecule has 1 aromatic heterocycles. The van der Waals surface area contributed by atoms with Crippen LogP contribution in [0.1, 0.15) is 5.69 Å². The molecule has 0 spiro atoms. The Labute approximate surface area is 109 Å². The van der Waals surface area contributed by atoms with E-state index in [4.69, 9.17) is 16.3 Å². The summed E-state index contributed by atoms with van der Waals surface area (Å²) < 4.78 is 6.06. The first-order chi connectivity index (χ1) is 8.61. The predicted molar refractivity (Wildman–Crippen MR) is 68.1 cm³/mol. The molecule has 2 N–H and O–H groups in total. The van der Waals surface area contributed by atoms with Gasteiger partial charge in [0.05, 0.1) is 10.7 Å². The van der Waals surface area contributed by atoms with Gasteiger partial charge in [-0.25, -0.2) is 4.68 Å². The maximum absolute atomic E-state index is 11.8. The number of rotatable bonds is 4. The number of methoxy groups -OCH3 is 1. The van der Waals surface area contributed by atoms with Gasteiger partial charge in [-0.15, -0.1) is 0 Å². The van der Waals surface area contributed by atoms with Crippen LogP contribution in [0, 0.1) is 0 Å². The van der Waals surface area contributed by atoms with Crippen molar-refractivity contribution < 1.29 is 9.84 Å². The third-order valence-electron chi connectivity index (χ3n) is 2.53. The van der Waals surface area contributed by atoms with Crippen molar-refractivity contribution in [3.05, 3.63) is 51.4 Å². The average Bonchev–Trinajstić information content (AvgIpc) is 2.70. The Morgan fingerprint density at radius 3 is 2.89 bits per heavy atom. The van der Waals surface area contributed by atoms with E-state index in [0.717, 1.165) is 0 Å². The van der Waals surface area contributed by atoms with Gasteiger partial charge in [-0.1, -0.05) is 23.7 Å². The van der Waals surface area contributed by atoms with Crippen LogP contribution in [0.2, 0.25) is 5.02 Å². The Morgan fingerprint density at radius 2 is 2.22 bits per heavy atom. The van der Waals surface area contributed by atoms with Crippen LogP contribution in [-0.4, -0.2) is 28.3 Å². The topological polar surface area (TPSA) is 67.2 Å². The predicted octanol–water partition coefficient (Wildman–Crippen LogP) is 1.33. The fourth-order valence-electron chi connectivity index (χ4n) is 1.63. The van der Waals surface area contributed by atoms with E-state index in [1.165, 1.54) is 17.9 Å². The minimum atomic E-state index is -0.942. The molecular formula is C12H13ClN2O3. The zero-order valence-electron chi connectivity index (χ0n) is 9.76. The van der Waals surface area contributed by atoms with Gasteiger partial charge < -0.3 is 9.84 Å². The number of nitrogens with zero attached hydrogens (tertiary/aromatic N) is 1. The van der Waals surface area contributed by atoms with Gasteiger partial charge in [-0.3, -0.25) is 9.89 Å². The fourth-order valence-corrected chi connectivity index (χ4v) is 1.85. The van der Waals surface area contributed by atoms with Crippen LogP contribution in [0.3, 0.4) is 0 Å². The van der Waals surface area contributed by atoms with Gasteiger partial charge in [-0.05, 0) is 12.1 Å². The lowest BCUT2D eigenvalue weighted by Crippen LogP contribution is -2.14. The lowest BCUT2D eigenvalue weighted by molar-refractivity contribution is -0.0726. The van der Waals surface area contributed by atoms with Gasteiger partial charge >= 0.3 is 0 Å².